The number of carbonyl (C=O) groups is 2. The first-order chi connectivity index (χ1) is 14.2. The van der Waals surface area contributed by atoms with Gasteiger partial charge in [0.05, 0.1) is 11.6 Å². The maximum atomic E-state index is 12.9. The van der Waals surface area contributed by atoms with E-state index in [1.807, 2.05) is 39.2 Å². The number of thioether (sulfide) groups is 1. The van der Waals surface area contributed by atoms with Gasteiger partial charge >= 0.3 is 6.03 Å². The van der Waals surface area contributed by atoms with Gasteiger partial charge in [-0.15, -0.1) is 11.8 Å². The standard InChI is InChI=1S/C21H33N5O2S/c1-29-20-7-2-3-8-26(20)21(28)25-11-9-22(10-12-25)17-19(27)24-15-13-23(14-16-24)18-5-4-6-18/h2-3,7,18H,4-6,8-17H2,1H3. The molecule has 0 radical (unpaired) electrons. The van der Waals surface area contributed by atoms with Gasteiger partial charge in [0.15, 0.2) is 0 Å². The summed E-state index contributed by atoms with van der Waals surface area (Å²) in [6, 6.07) is 0.850. The molecule has 1 aliphatic carbocycles. The van der Waals surface area contributed by atoms with Gasteiger partial charge in [-0.3, -0.25) is 19.5 Å². The van der Waals surface area contributed by atoms with Crippen molar-refractivity contribution in [2.75, 3.05) is 71.7 Å². The number of urea groups is 1. The molecule has 3 amide bonds. The SMILES string of the molecule is CSC1=CC=CCN1C(=O)N1CCN(CC(=O)N2CCN(C3CCC3)CC2)CC1. The third kappa shape index (κ3) is 4.81. The second-order valence-corrected chi connectivity index (χ2v) is 9.12. The van der Waals surface area contributed by atoms with Gasteiger partial charge in [0, 0.05) is 64.9 Å². The van der Waals surface area contributed by atoms with Gasteiger partial charge < -0.3 is 9.80 Å². The number of amides is 3. The van der Waals surface area contributed by atoms with Crippen LogP contribution in [0.1, 0.15) is 19.3 Å². The quantitative estimate of drug-likeness (QED) is 0.691. The van der Waals surface area contributed by atoms with E-state index in [9.17, 15) is 9.59 Å². The summed E-state index contributed by atoms with van der Waals surface area (Å²) in [6.07, 6.45) is 12.0. The lowest BCUT2D eigenvalue weighted by molar-refractivity contribution is -0.135. The van der Waals surface area contributed by atoms with Gasteiger partial charge in [-0.05, 0) is 25.2 Å². The van der Waals surface area contributed by atoms with Crippen LogP contribution in [0, 0.1) is 0 Å². The first-order valence-electron chi connectivity index (χ1n) is 10.9. The minimum absolute atomic E-state index is 0.0769. The first-order valence-corrected chi connectivity index (χ1v) is 12.1. The molecule has 3 aliphatic heterocycles. The number of nitrogens with zero attached hydrogens (tertiary/aromatic N) is 5. The van der Waals surface area contributed by atoms with Crippen molar-refractivity contribution in [3.63, 3.8) is 0 Å². The van der Waals surface area contributed by atoms with Crippen molar-refractivity contribution in [1.29, 1.82) is 0 Å². The summed E-state index contributed by atoms with van der Waals surface area (Å²) in [5, 5.41) is 0.996. The maximum Gasteiger partial charge on any atom is 0.325 e. The van der Waals surface area contributed by atoms with Crippen LogP contribution in [0.3, 0.4) is 0 Å². The fraction of sp³-hybridized carbons (Fsp3) is 0.714. The topological polar surface area (TPSA) is 50.3 Å². The van der Waals surface area contributed by atoms with Crippen LogP contribution >= 0.6 is 11.8 Å². The van der Waals surface area contributed by atoms with Crippen molar-refractivity contribution in [2.24, 2.45) is 0 Å². The van der Waals surface area contributed by atoms with Crippen molar-refractivity contribution in [2.45, 2.75) is 25.3 Å². The van der Waals surface area contributed by atoms with Crippen LogP contribution in [-0.4, -0.2) is 114 Å². The molecule has 4 rings (SSSR count). The normalized spacial score (nSPS) is 24.4. The number of carbonyl (C=O) groups excluding carboxylic acids is 2. The largest absolute Gasteiger partial charge is 0.339 e. The zero-order valence-corrected chi connectivity index (χ0v) is 18.3. The molecule has 0 aromatic carbocycles. The molecule has 8 heteroatoms. The van der Waals surface area contributed by atoms with Crippen LogP contribution in [0.15, 0.2) is 23.3 Å². The Morgan fingerprint density at radius 2 is 1.69 bits per heavy atom. The molecule has 29 heavy (non-hydrogen) atoms. The molecule has 0 aromatic heterocycles. The molecular weight excluding hydrogens is 386 g/mol. The van der Waals surface area contributed by atoms with Gasteiger partial charge in [-0.25, -0.2) is 4.79 Å². The van der Waals surface area contributed by atoms with Crippen molar-refractivity contribution in [3.8, 4) is 0 Å². The van der Waals surface area contributed by atoms with E-state index < -0.39 is 0 Å². The monoisotopic (exact) mass is 419 g/mol. The van der Waals surface area contributed by atoms with E-state index in [1.54, 1.807) is 11.8 Å². The number of rotatable bonds is 4. The third-order valence-corrected chi connectivity index (χ3v) is 7.40. The van der Waals surface area contributed by atoms with E-state index in [0.29, 0.717) is 26.2 Å². The predicted octanol–water partition coefficient (Wildman–Crippen LogP) is 1.50. The van der Waals surface area contributed by atoms with Crippen LogP contribution < -0.4 is 0 Å². The van der Waals surface area contributed by atoms with E-state index in [-0.39, 0.29) is 11.9 Å². The fourth-order valence-corrected chi connectivity index (χ4v) is 5.08. The zero-order valence-electron chi connectivity index (χ0n) is 17.5. The van der Waals surface area contributed by atoms with E-state index in [4.69, 9.17) is 0 Å². The maximum absolute atomic E-state index is 12.9. The van der Waals surface area contributed by atoms with Gasteiger partial charge in [0.25, 0.3) is 0 Å². The van der Waals surface area contributed by atoms with E-state index >= 15 is 0 Å². The molecule has 7 nitrogen and oxygen atoms in total. The molecule has 0 aromatic rings. The number of allylic oxidation sites excluding steroid dienone is 2. The Hall–Kier alpha value is -1.51. The van der Waals surface area contributed by atoms with Crippen LogP contribution in [0.25, 0.3) is 0 Å². The second kappa shape index (κ2) is 9.53. The molecule has 0 unspecified atom stereocenters. The summed E-state index contributed by atoms with van der Waals surface area (Å²) in [7, 11) is 0. The summed E-state index contributed by atoms with van der Waals surface area (Å²) in [5.41, 5.74) is 0. The smallest absolute Gasteiger partial charge is 0.325 e. The van der Waals surface area contributed by atoms with E-state index in [0.717, 1.165) is 50.3 Å². The highest BCUT2D eigenvalue weighted by Gasteiger charge is 2.31. The van der Waals surface area contributed by atoms with Gasteiger partial charge in [0.1, 0.15) is 0 Å². The van der Waals surface area contributed by atoms with Crippen LogP contribution in [0.4, 0.5) is 4.79 Å². The molecule has 0 spiro atoms. The van der Waals surface area contributed by atoms with E-state index in [1.165, 1.54) is 19.3 Å². The highest BCUT2D eigenvalue weighted by Crippen LogP contribution is 2.25. The first kappa shape index (κ1) is 20.8. The van der Waals surface area contributed by atoms with E-state index in [2.05, 4.69) is 9.80 Å². The van der Waals surface area contributed by atoms with Crippen LogP contribution in [0.2, 0.25) is 0 Å². The van der Waals surface area contributed by atoms with Crippen molar-refractivity contribution >= 4 is 23.7 Å². The van der Waals surface area contributed by atoms with Crippen molar-refractivity contribution in [3.05, 3.63) is 23.3 Å². The Morgan fingerprint density at radius 3 is 2.31 bits per heavy atom. The molecule has 160 valence electrons. The Labute approximate surface area is 178 Å². The fourth-order valence-electron chi connectivity index (χ4n) is 4.49. The molecule has 3 heterocycles. The van der Waals surface area contributed by atoms with Gasteiger partial charge in [-0.1, -0.05) is 18.6 Å². The summed E-state index contributed by atoms with van der Waals surface area (Å²) in [4.78, 5) is 36.2. The molecule has 0 atom stereocenters. The van der Waals surface area contributed by atoms with Crippen LogP contribution in [0.5, 0.6) is 0 Å². The number of piperazine rings is 2. The Balaban J connectivity index is 1.20. The molecule has 3 fully saturated rings. The zero-order chi connectivity index (χ0) is 20.2. The lowest BCUT2D eigenvalue weighted by Crippen LogP contribution is -2.57. The Bertz CT molecular complexity index is 662. The minimum Gasteiger partial charge on any atom is -0.339 e. The molecule has 0 bridgehead atoms. The summed E-state index contributed by atoms with van der Waals surface area (Å²) in [5.74, 6) is 0.242. The Kier molecular flexibility index (Phi) is 6.82. The highest BCUT2D eigenvalue weighted by molar-refractivity contribution is 8.02. The number of hydrogen-bond acceptors (Lipinski definition) is 5. The number of hydrogen-bond donors (Lipinski definition) is 0. The average molecular weight is 420 g/mol. The van der Waals surface area contributed by atoms with Crippen molar-refractivity contribution in [1.82, 2.24) is 24.5 Å². The second-order valence-electron chi connectivity index (χ2n) is 8.30. The highest BCUT2D eigenvalue weighted by atomic mass is 32.2. The molecular formula is C21H33N5O2S. The van der Waals surface area contributed by atoms with Crippen molar-refractivity contribution < 1.29 is 9.59 Å². The van der Waals surface area contributed by atoms with Gasteiger partial charge in [-0.2, -0.15) is 0 Å². The molecule has 2 saturated heterocycles. The Morgan fingerprint density at radius 1 is 1.00 bits per heavy atom. The molecule has 4 aliphatic rings. The lowest BCUT2D eigenvalue weighted by atomic mass is 9.91. The van der Waals surface area contributed by atoms with Gasteiger partial charge in [0.2, 0.25) is 5.91 Å². The molecule has 1 saturated carbocycles. The summed E-state index contributed by atoms with van der Waals surface area (Å²) < 4.78 is 0. The predicted molar refractivity (Wildman–Crippen MR) is 117 cm³/mol. The lowest BCUT2D eigenvalue weighted by Gasteiger charge is -2.43. The summed E-state index contributed by atoms with van der Waals surface area (Å²) >= 11 is 1.60. The summed E-state index contributed by atoms with van der Waals surface area (Å²) in [6.45, 7) is 7.78. The molecule has 0 N–H and O–H groups in total. The average Bonchev–Trinajstić information content (AvgIpc) is 2.73. The van der Waals surface area contributed by atoms with Crippen LogP contribution in [-0.2, 0) is 4.79 Å². The minimum atomic E-state index is 0.0769. The third-order valence-electron chi connectivity index (χ3n) is 6.63.